The monoisotopic (exact) mass is 379 g/mol. The number of fused-ring (bicyclic) bond motifs is 3. The first-order valence-corrected chi connectivity index (χ1v) is 9.69. The van der Waals surface area contributed by atoms with Gasteiger partial charge in [0.15, 0.2) is 0 Å². The van der Waals surface area contributed by atoms with Crippen molar-refractivity contribution in [2.45, 2.75) is 38.8 Å². The second-order valence-corrected chi connectivity index (χ2v) is 7.96. The molecule has 1 fully saturated rings. The van der Waals surface area contributed by atoms with E-state index in [1.807, 2.05) is 30.0 Å². The Labute approximate surface area is 165 Å². The Kier molecular flexibility index (Phi) is 4.67. The standard InChI is InChI=1S/C22H22ClN3O/c1-3-15-7-14(2)21-18(9-15)19-12-25(23)13-20(19)26(22(21)27)11-17-6-4-5-16(8-17)10-24/h4-9,19-20H,3,11-13H2,1-2H3/t19-,20+/m1/s1. The molecule has 27 heavy (non-hydrogen) atoms. The molecule has 0 unspecified atom stereocenters. The highest BCUT2D eigenvalue weighted by Gasteiger charge is 2.45. The summed E-state index contributed by atoms with van der Waals surface area (Å²) in [6, 6.07) is 14.0. The van der Waals surface area contributed by atoms with Crippen LogP contribution >= 0.6 is 11.8 Å². The fraction of sp³-hybridized carbons (Fsp3) is 0.364. The van der Waals surface area contributed by atoms with Crippen molar-refractivity contribution in [2.24, 2.45) is 0 Å². The van der Waals surface area contributed by atoms with E-state index in [4.69, 9.17) is 17.0 Å². The minimum absolute atomic E-state index is 0.0553. The average molecular weight is 380 g/mol. The molecule has 0 saturated carbocycles. The van der Waals surface area contributed by atoms with E-state index in [1.54, 1.807) is 10.5 Å². The van der Waals surface area contributed by atoms with Gasteiger partial charge >= 0.3 is 0 Å². The molecule has 5 heteroatoms. The molecule has 0 aliphatic carbocycles. The van der Waals surface area contributed by atoms with Crippen LogP contribution in [0, 0.1) is 18.3 Å². The summed E-state index contributed by atoms with van der Waals surface area (Å²) in [5.41, 5.74) is 5.87. The molecule has 0 N–H and O–H groups in total. The van der Waals surface area contributed by atoms with Gasteiger partial charge in [-0.15, -0.1) is 0 Å². The Hall–Kier alpha value is -2.35. The van der Waals surface area contributed by atoms with E-state index < -0.39 is 0 Å². The molecule has 2 aliphatic rings. The van der Waals surface area contributed by atoms with Crippen LogP contribution in [0.15, 0.2) is 36.4 Å². The Bertz CT molecular complexity index is 949. The van der Waals surface area contributed by atoms with Crippen LogP contribution in [-0.2, 0) is 13.0 Å². The van der Waals surface area contributed by atoms with Crippen molar-refractivity contribution in [3.63, 3.8) is 0 Å². The first-order valence-electron chi connectivity index (χ1n) is 9.36. The van der Waals surface area contributed by atoms with Crippen molar-refractivity contribution in [2.75, 3.05) is 13.1 Å². The highest BCUT2D eigenvalue weighted by molar-refractivity contribution is 6.13. The number of halogens is 1. The van der Waals surface area contributed by atoms with Crippen LogP contribution in [0.4, 0.5) is 0 Å². The van der Waals surface area contributed by atoms with E-state index >= 15 is 0 Å². The van der Waals surface area contributed by atoms with Gasteiger partial charge in [0.05, 0.1) is 17.7 Å². The summed E-state index contributed by atoms with van der Waals surface area (Å²) in [4.78, 5) is 15.4. The molecule has 4 rings (SSSR count). The van der Waals surface area contributed by atoms with Crippen molar-refractivity contribution in [3.05, 3.63) is 69.8 Å². The number of nitriles is 1. The van der Waals surface area contributed by atoms with Crippen LogP contribution in [-0.4, -0.2) is 34.4 Å². The zero-order valence-corrected chi connectivity index (χ0v) is 16.3. The normalized spacial score (nSPS) is 21.7. The highest BCUT2D eigenvalue weighted by atomic mass is 35.5. The molecule has 1 saturated heterocycles. The number of rotatable bonds is 3. The van der Waals surface area contributed by atoms with Gasteiger partial charge < -0.3 is 4.90 Å². The lowest BCUT2D eigenvalue weighted by atomic mass is 9.81. The minimum Gasteiger partial charge on any atom is -0.329 e. The predicted octanol–water partition coefficient (Wildman–Crippen LogP) is 4.01. The average Bonchev–Trinajstić information content (AvgIpc) is 3.06. The first kappa shape index (κ1) is 18.0. The molecule has 2 aromatic carbocycles. The highest BCUT2D eigenvalue weighted by Crippen LogP contribution is 2.41. The summed E-state index contributed by atoms with van der Waals surface area (Å²) >= 11 is 6.38. The number of benzene rings is 2. The number of hydrogen-bond donors (Lipinski definition) is 0. The Morgan fingerprint density at radius 1 is 1.22 bits per heavy atom. The summed E-state index contributed by atoms with van der Waals surface area (Å²) in [5.74, 6) is 0.292. The summed E-state index contributed by atoms with van der Waals surface area (Å²) in [6.45, 7) is 6.06. The van der Waals surface area contributed by atoms with Gasteiger partial charge in [0.1, 0.15) is 0 Å². The summed E-state index contributed by atoms with van der Waals surface area (Å²) in [6.07, 6.45) is 0.953. The maximum absolute atomic E-state index is 13.4. The van der Waals surface area contributed by atoms with Gasteiger partial charge in [0, 0.05) is 31.1 Å². The van der Waals surface area contributed by atoms with Crippen molar-refractivity contribution in [1.29, 1.82) is 5.26 Å². The molecule has 2 aliphatic heterocycles. The number of aryl methyl sites for hydroxylation is 2. The second-order valence-electron chi connectivity index (χ2n) is 7.48. The third-order valence-electron chi connectivity index (χ3n) is 5.76. The molecule has 2 heterocycles. The number of hydrogen-bond acceptors (Lipinski definition) is 3. The maximum atomic E-state index is 13.4. The Morgan fingerprint density at radius 3 is 2.78 bits per heavy atom. The van der Waals surface area contributed by atoms with E-state index in [9.17, 15) is 4.79 Å². The molecular weight excluding hydrogens is 358 g/mol. The third kappa shape index (κ3) is 3.12. The van der Waals surface area contributed by atoms with Crippen molar-refractivity contribution in [1.82, 2.24) is 9.32 Å². The molecule has 1 amide bonds. The van der Waals surface area contributed by atoms with E-state index in [0.29, 0.717) is 18.7 Å². The SMILES string of the molecule is CCc1cc(C)c2c(c1)[C@H]1CN(Cl)C[C@@H]1N(Cc1cccc(C#N)c1)C2=O. The van der Waals surface area contributed by atoms with Crippen molar-refractivity contribution in [3.8, 4) is 6.07 Å². The van der Waals surface area contributed by atoms with Gasteiger partial charge in [0.25, 0.3) is 5.91 Å². The minimum atomic E-state index is 0.0553. The van der Waals surface area contributed by atoms with Crippen LogP contribution in [0.5, 0.6) is 0 Å². The Balaban J connectivity index is 1.77. The molecule has 2 aromatic rings. The fourth-order valence-corrected chi connectivity index (χ4v) is 4.75. The lowest BCUT2D eigenvalue weighted by Gasteiger charge is -2.39. The maximum Gasteiger partial charge on any atom is 0.255 e. The van der Waals surface area contributed by atoms with Crippen LogP contribution in [0.1, 0.15) is 51.0 Å². The van der Waals surface area contributed by atoms with Crippen LogP contribution in [0.2, 0.25) is 0 Å². The summed E-state index contributed by atoms with van der Waals surface area (Å²) in [5, 5.41) is 9.17. The van der Waals surface area contributed by atoms with E-state index in [1.165, 1.54) is 5.56 Å². The van der Waals surface area contributed by atoms with Crippen LogP contribution in [0.3, 0.4) is 0 Å². The van der Waals surface area contributed by atoms with E-state index in [2.05, 4.69) is 25.1 Å². The molecule has 138 valence electrons. The smallest absolute Gasteiger partial charge is 0.255 e. The van der Waals surface area contributed by atoms with E-state index in [-0.39, 0.29) is 17.9 Å². The van der Waals surface area contributed by atoms with Crippen LogP contribution in [0.25, 0.3) is 0 Å². The molecule has 0 aromatic heterocycles. The number of carbonyl (C=O) groups is 1. The largest absolute Gasteiger partial charge is 0.329 e. The zero-order valence-electron chi connectivity index (χ0n) is 15.6. The quantitative estimate of drug-likeness (QED) is 0.757. The number of amides is 1. The molecular formula is C22H22ClN3O. The van der Waals surface area contributed by atoms with Gasteiger partial charge in [-0.1, -0.05) is 31.2 Å². The Morgan fingerprint density at radius 2 is 2.04 bits per heavy atom. The first-order chi connectivity index (χ1) is 13.0. The molecule has 0 bridgehead atoms. The fourth-order valence-electron chi connectivity index (χ4n) is 4.46. The summed E-state index contributed by atoms with van der Waals surface area (Å²) in [7, 11) is 0. The zero-order chi connectivity index (χ0) is 19.1. The molecule has 2 atom stereocenters. The number of nitrogens with zero attached hydrogens (tertiary/aromatic N) is 3. The lowest BCUT2D eigenvalue weighted by molar-refractivity contribution is 0.0626. The molecule has 4 nitrogen and oxygen atoms in total. The topological polar surface area (TPSA) is 47.3 Å². The van der Waals surface area contributed by atoms with Gasteiger partial charge in [0.2, 0.25) is 0 Å². The summed E-state index contributed by atoms with van der Waals surface area (Å²) < 4.78 is 1.80. The van der Waals surface area contributed by atoms with Crippen LogP contribution < -0.4 is 0 Å². The molecule has 0 spiro atoms. The number of carbonyl (C=O) groups excluding carboxylic acids is 1. The van der Waals surface area contributed by atoms with Gasteiger partial charge in [-0.3, -0.25) is 4.79 Å². The predicted molar refractivity (Wildman–Crippen MR) is 106 cm³/mol. The van der Waals surface area contributed by atoms with Gasteiger partial charge in [-0.05, 0) is 59.5 Å². The van der Waals surface area contributed by atoms with Gasteiger partial charge in [-0.2, -0.15) is 5.26 Å². The van der Waals surface area contributed by atoms with Gasteiger partial charge in [-0.25, -0.2) is 4.42 Å². The van der Waals surface area contributed by atoms with Crippen molar-refractivity contribution >= 4 is 17.7 Å². The molecule has 0 radical (unpaired) electrons. The lowest BCUT2D eigenvalue weighted by Crippen LogP contribution is -2.48. The second kappa shape index (κ2) is 6.99. The van der Waals surface area contributed by atoms with E-state index in [0.717, 1.165) is 35.2 Å². The third-order valence-corrected chi connectivity index (χ3v) is 6.04. The van der Waals surface area contributed by atoms with Crippen molar-refractivity contribution < 1.29 is 4.79 Å².